The van der Waals surface area contributed by atoms with Crippen molar-refractivity contribution < 1.29 is 14.0 Å². The highest BCUT2D eigenvalue weighted by molar-refractivity contribution is 8.18. The molecule has 2 N–H and O–H groups in total. The number of H-pyrrole nitrogens is 1. The van der Waals surface area contributed by atoms with Crippen molar-refractivity contribution >= 4 is 63.2 Å². The summed E-state index contributed by atoms with van der Waals surface area (Å²) in [5.41, 5.74) is 1.39. The summed E-state index contributed by atoms with van der Waals surface area (Å²) in [6.45, 7) is 0. The number of nitrogens with zero attached hydrogens (tertiary/aromatic N) is 1. The van der Waals surface area contributed by atoms with E-state index in [1.807, 2.05) is 0 Å². The molecule has 9 heteroatoms. The summed E-state index contributed by atoms with van der Waals surface area (Å²) in [4.78, 5) is 30.5. The van der Waals surface area contributed by atoms with Gasteiger partial charge in [0.1, 0.15) is 5.76 Å². The van der Waals surface area contributed by atoms with Crippen LogP contribution in [-0.4, -0.2) is 21.1 Å². The van der Waals surface area contributed by atoms with Crippen LogP contribution in [0.15, 0.2) is 33.6 Å². The molecule has 3 heterocycles. The van der Waals surface area contributed by atoms with E-state index in [1.165, 1.54) is 6.08 Å². The van der Waals surface area contributed by atoms with Crippen LogP contribution < -0.4 is 5.32 Å². The highest BCUT2D eigenvalue weighted by Crippen LogP contribution is 2.31. The number of carbonyl (C=O) groups is 2. The Labute approximate surface area is 149 Å². The Hall–Kier alpha value is -2.22. The van der Waals surface area contributed by atoms with Gasteiger partial charge in [0.05, 0.1) is 26.0 Å². The molecular formula is C15H7Cl2N3O3S. The molecule has 4 rings (SSSR count). The van der Waals surface area contributed by atoms with E-state index in [0.717, 1.165) is 17.3 Å². The predicted octanol–water partition coefficient (Wildman–Crippen LogP) is 4.45. The number of aromatic amines is 1. The van der Waals surface area contributed by atoms with E-state index in [2.05, 4.69) is 15.3 Å². The number of amides is 2. The lowest BCUT2D eigenvalue weighted by molar-refractivity contribution is -0.115. The minimum Gasteiger partial charge on any atom is -0.453 e. The van der Waals surface area contributed by atoms with Crippen LogP contribution in [0.5, 0.6) is 0 Å². The van der Waals surface area contributed by atoms with Crippen molar-refractivity contribution in [1.82, 2.24) is 15.3 Å². The van der Waals surface area contributed by atoms with Gasteiger partial charge in [0.2, 0.25) is 0 Å². The summed E-state index contributed by atoms with van der Waals surface area (Å²) in [5, 5.41) is 2.63. The van der Waals surface area contributed by atoms with Crippen molar-refractivity contribution in [2.45, 2.75) is 0 Å². The lowest BCUT2D eigenvalue weighted by atomic mass is 10.3. The summed E-state index contributed by atoms with van der Waals surface area (Å²) in [5.74, 6) is 0.998. The van der Waals surface area contributed by atoms with E-state index in [9.17, 15) is 9.59 Å². The summed E-state index contributed by atoms with van der Waals surface area (Å²) in [6, 6.07) is 6.75. The lowest BCUT2D eigenvalue weighted by Gasteiger charge is -1.93. The van der Waals surface area contributed by atoms with E-state index in [1.54, 1.807) is 24.3 Å². The van der Waals surface area contributed by atoms with Gasteiger partial charge in [0.15, 0.2) is 11.6 Å². The number of furan rings is 1. The van der Waals surface area contributed by atoms with Crippen LogP contribution in [0.2, 0.25) is 10.0 Å². The number of nitrogens with one attached hydrogen (secondary N) is 2. The van der Waals surface area contributed by atoms with Gasteiger partial charge in [-0.05, 0) is 36.0 Å². The summed E-state index contributed by atoms with van der Waals surface area (Å²) >= 11 is 12.8. The average molecular weight is 380 g/mol. The fourth-order valence-corrected chi connectivity index (χ4v) is 3.21. The maximum Gasteiger partial charge on any atom is 0.290 e. The number of benzene rings is 1. The van der Waals surface area contributed by atoms with Crippen molar-refractivity contribution in [3.8, 4) is 11.6 Å². The first kappa shape index (κ1) is 15.3. The van der Waals surface area contributed by atoms with Gasteiger partial charge in [0.25, 0.3) is 11.1 Å². The summed E-state index contributed by atoms with van der Waals surface area (Å²) in [7, 11) is 0. The first-order valence-corrected chi connectivity index (χ1v) is 8.27. The van der Waals surface area contributed by atoms with Gasteiger partial charge < -0.3 is 9.40 Å². The Morgan fingerprint density at radius 2 is 1.96 bits per heavy atom. The molecule has 0 spiro atoms. The van der Waals surface area contributed by atoms with Gasteiger partial charge in [-0.3, -0.25) is 14.9 Å². The molecule has 2 amide bonds. The maximum atomic E-state index is 11.5. The first-order chi connectivity index (χ1) is 11.5. The molecule has 1 aliphatic rings. The van der Waals surface area contributed by atoms with Gasteiger partial charge in [-0.2, -0.15) is 0 Å². The highest BCUT2D eigenvalue weighted by Gasteiger charge is 2.25. The van der Waals surface area contributed by atoms with Crippen LogP contribution in [0.1, 0.15) is 5.76 Å². The molecule has 0 bridgehead atoms. The van der Waals surface area contributed by atoms with E-state index in [0.29, 0.717) is 32.9 Å². The summed E-state index contributed by atoms with van der Waals surface area (Å²) in [6.07, 6.45) is 1.50. The third-order valence-electron chi connectivity index (χ3n) is 3.30. The fourth-order valence-electron chi connectivity index (χ4n) is 2.23. The number of imide groups is 1. The minimum atomic E-state index is -0.434. The van der Waals surface area contributed by atoms with Crippen molar-refractivity contribution in [2.24, 2.45) is 0 Å². The fraction of sp³-hybridized carbons (Fsp3) is 0. The topological polar surface area (TPSA) is 88.0 Å². The molecule has 2 aromatic heterocycles. The number of hydrogen-bond donors (Lipinski definition) is 2. The molecule has 6 nitrogen and oxygen atoms in total. The van der Waals surface area contributed by atoms with Crippen LogP contribution in [0.25, 0.3) is 28.7 Å². The number of thioether (sulfide) groups is 1. The van der Waals surface area contributed by atoms with Gasteiger partial charge in [-0.15, -0.1) is 0 Å². The molecule has 3 aromatic rings. The third-order valence-corrected chi connectivity index (χ3v) is 4.83. The van der Waals surface area contributed by atoms with E-state index >= 15 is 0 Å². The number of aromatic nitrogens is 2. The average Bonchev–Trinajstić information content (AvgIpc) is 3.20. The molecule has 0 saturated carbocycles. The second-order valence-electron chi connectivity index (χ2n) is 4.92. The van der Waals surface area contributed by atoms with Crippen LogP contribution in [-0.2, 0) is 4.79 Å². The number of fused-ring (bicyclic) bond motifs is 1. The number of halogens is 2. The Morgan fingerprint density at radius 1 is 1.17 bits per heavy atom. The second kappa shape index (κ2) is 5.70. The second-order valence-corrected chi connectivity index (χ2v) is 6.75. The Balaban J connectivity index is 1.69. The number of hydrogen-bond acceptors (Lipinski definition) is 5. The number of rotatable bonds is 2. The van der Waals surface area contributed by atoms with Crippen molar-refractivity contribution in [3.05, 3.63) is 45.0 Å². The molecule has 24 heavy (non-hydrogen) atoms. The minimum absolute atomic E-state index is 0.282. The standard InChI is InChI=1S/C15H7Cl2N3O3S/c16-7-4-9-10(5-8(7)17)19-13(18-9)11-2-1-6(23-11)3-12-14(21)20-15(22)24-12/h1-5H,(H,18,19)(H,20,21,22)/b12-3+. The molecule has 0 radical (unpaired) electrons. The highest BCUT2D eigenvalue weighted by atomic mass is 35.5. The molecule has 0 aliphatic carbocycles. The molecule has 1 fully saturated rings. The normalized spacial score (nSPS) is 16.3. The SMILES string of the molecule is O=C1NC(=O)/C(=C\c2ccc(-c3nc4cc(Cl)c(Cl)cc4[nH]3)o2)S1. The quantitative estimate of drug-likeness (QED) is 0.641. The zero-order valence-electron chi connectivity index (χ0n) is 11.7. The number of imidazole rings is 1. The largest absolute Gasteiger partial charge is 0.453 e. The van der Waals surface area contributed by atoms with Crippen LogP contribution in [0, 0.1) is 0 Å². The Morgan fingerprint density at radius 3 is 2.71 bits per heavy atom. The molecule has 1 saturated heterocycles. The van der Waals surface area contributed by atoms with Crippen LogP contribution >= 0.6 is 35.0 Å². The van der Waals surface area contributed by atoms with E-state index in [-0.39, 0.29) is 4.91 Å². The van der Waals surface area contributed by atoms with Gasteiger partial charge in [-0.1, -0.05) is 23.2 Å². The smallest absolute Gasteiger partial charge is 0.290 e. The van der Waals surface area contributed by atoms with Crippen LogP contribution in [0.4, 0.5) is 4.79 Å². The molecule has 1 aliphatic heterocycles. The maximum absolute atomic E-state index is 11.5. The first-order valence-electron chi connectivity index (χ1n) is 6.69. The van der Waals surface area contributed by atoms with E-state index < -0.39 is 11.1 Å². The zero-order chi connectivity index (χ0) is 16.8. The van der Waals surface area contributed by atoms with Gasteiger partial charge in [-0.25, -0.2) is 4.98 Å². The summed E-state index contributed by atoms with van der Waals surface area (Å²) < 4.78 is 5.66. The van der Waals surface area contributed by atoms with Crippen molar-refractivity contribution in [2.75, 3.05) is 0 Å². The monoisotopic (exact) mass is 379 g/mol. The predicted molar refractivity (Wildman–Crippen MR) is 92.9 cm³/mol. The molecule has 1 aromatic carbocycles. The molecular weight excluding hydrogens is 373 g/mol. The van der Waals surface area contributed by atoms with Crippen molar-refractivity contribution in [1.29, 1.82) is 0 Å². The van der Waals surface area contributed by atoms with Crippen LogP contribution in [0.3, 0.4) is 0 Å². The van der Waals surface area contributed by atoms with Gasteiger partial charge >= 0.3 is 0 Å². The Bertz CT molecular complexity index is 999. The zero-order valence-corrected chi connectivity index (χ0v) is 14.1. The number of carbonyl (C=O) groups excluding carboxylic acids is 2. The molecule has 0 atom stereocenters. The Kier molecular flexibility index (Phi) is 3.64. The molecule has 0 unspecified atom stereocenters. The van der Waals surface area contributed by atoms with Gasteiger partial charge in [0, 0.05) is 6.08 Å². The van der Waals surface area contributed by atoms with Crippen molar-refractivity contribution in [3.63, 3.8) is 0 Å². The van der Waals surface area contributed by atoms with E-state index in [4.69, 9.17) is 27.6 Å². The lowest BCUT2D eigenvalue weighted by Crippen LogP contribution is -2.17. The molecule has 120 valence electrons. The third kappa shape index (κ3) is 2.71.